The van der Waals surface area contributed by atoms with Crippen molar-refractivity contribution in [1.29, 1.82) is 0 Å². The number of hydrogen-bond acceptors (Lipinski definition) is 4. The van der Waals surface area contributed by atoms with Crippen molar-refractivity contribution in [3.8, 4) is 5.75 Å². The van der Waals surface area contributed by atoms with Crippen LogP contribution in [0.5, 0.6) is 5.75 Å². The molecule has 0 saturated carbocycles. The molecule has 2 rings (SSSR count). The minimum Gasteiger partial charge on any atom is -0.489 e. The number of likely N-dealkylation sites (N-methyl/N-ethyl adjacent to an activating group) is 1. The van der Waals surface area contributed by atoms with Crippen molar-refractivity contribution in [3.05, 3.63) is 18.2 Å². The molecular weight excluding hydrogens is 252 g/mol. The molecule has 20 heavy (non-hydrogen) atoms. The lowest BCUT2D eigenvalue weighted by Gasteiger charge is -2.29. The highest BCUT2D eigenvalue weighted by Gasteiger charge is 2.17. The van der Waals surface area contributed by atoms with Crippen molar-refractivity contribution in [2.24, 2.45) is 0 Å². The van der Waals surface area contributed by atoms with E-state index in [-0.39, 0.29) is 6.10 Å². The van der Waals surface area contributed by atoms with E-state index in [0.717, 1.165) is 31.0 Å². The van der Waals surface area contributed by atoms with E-state index in [2.05, 4.69) is 11.9 Å². The zero-order valence-electron chi connectivity index (χ0n) is 12.8. The summed E-state index contributed by atoms with van der Waals surface area (Å²) in [6, 6.07) is 5.95. The maximum atomic E-state index is 5.95. The quantitative estimate of drug-likeness (QED) is 0.841. The molecule has 0 aromatic heterocycles. The summed E-state index contributed by atoms with van der Waals surface area (Å²) in [6.07, 6.45) is 4.06. The normalized spacial score (nSPS) is 19.1. The first-order valence-corrected chi connectivity index (χ1v) is 7.45. The number of nitrogen functional groups attached to an aromatic ring is 1. The fraction of sp³-hybridized carbons (Fsp3) is 0.625. The van der Waals surface area contributed by atoms with Crippen LogP contribution in [-0.4, -0.2) is 32.4 Å². The van der Waals surface area contributed by atoms with Crippen LogP contribution in [-0.2, 0) is 4.74 Å². The smallest absolute Gasteiger partial charge is 0.144 e. The van der Waals surface area contributed by atoms with Crippen molar-refractivity contribution in [2.75, 3.05) is 30.8 Å². The van der Waals surface area contributed by atoms with Crippen LogP contribution in [0.25, 0.3) is 0 Å². The van der Waals surface area contributed by atoms with Gasteiger partial charge in [-0.05, 0) is 45.2 Å². The number of rotatable bonds is 5. The van der Waals surface area contributed by atoms with Crippen LogP contribution in [0.3, 0.4) is 0 Å². The summed E-state index contributed by atoms with van der Waals surface area (Å²) < 4.78 is 11.5. The molecule has 1 unspecified atom stereocenters. The van der Waals surface area contributed by atoms with Crippen molar-refractivity contribution in [1.82, 2.24) is 0 Å². The molecule has 0 radical (unpaired) electrons. The standard InChI is InChI=1S/C16H26N2O2/c1-12(2)20-16-10-13(7-8-15(16)17)18(3)11-14-6-4-5-9-19-14/h7-8,10,12,14H,4-6,9,11,17H2,1-3H3. The fourth-order valence-electron chi connectivity index (χ4n) is 2.48. The Balaban J connectivity index is 2.03. The second kappa shape index (κ2) is 6.84. The van der Waals surface area contributed by atoms with E-state index in [0.29, 0.717) is 11.8 Å². The van der Waals surface area contributed by atoms with Gasteiger partial charge in [-0.25, -0.2) is 0 Å². The van der Waals surface area contributed by atoms with Gasteiger partial charge in [0.1, 0.15) is 5.75 Å². The lowest BCUT2D eigenvalue weighted by Crippen LogP contribution is -2.33. The molecule has 0 spiro atoms. The van der Waals surface area contributed by atoms with E-state index in [9.17, 15) is 0 Å². The number of anilines is 2. The molecule has 1 aliphatic rings. The molecule has 0 aliphatic carbocycles. The Labute approximate surface area is 121 Å². The molecule has 2 N–H and O–H groups in total. The summed E-state index contributed by atoms with van der Waals surface area (Å²) in [5.41, 5.74) is 7.75. The number of nitrogens with two attached hydrogens (primary N) is 1. The third-order valence-electron chi connectivity index (χ3n) is 3.55. The summed E-state index contributed by atoms with van der Waals surface area (Å²) in [5, 5.41) is 0. The van der Waals surface area contributed by atoms with Crippen LogP contribution in [0.1, 0.15) is 33.1 Å². The van der Waals surface area contributed by atoms with E-state index < -0.39 is 0 Å². The van der Waals surface area contributed by atoms with Crippen LogP contribution in [0.4, 0.5) is 11.4 Å². The van der Waals surface area contributed by atoms with Crippen LogP contribution in [0.15, 0.2) is 18.2 Å². The molecule has 1 saturated heterocycles. The topological polar surface area (TPSA) is 47.7 Å². The van der Waals surface area contributed by atoms with Crippen LogP contribution < -0.4 is 15.4 Å². The molecule has 112 valence electrons. The van der Waals surface area contributed by atoms with Gasteiger partial charge in [-0.1, -0.05) is 0 Å². The molecule has 4 nitrogen and oxygen atoms in total. The Bertz CT molecular complexity index is 428. The maximum Gasteiger partial charge on any atom is 0.144 e. The Morgan fingerprint density at radius 1 is 1.40 bits per heavy atom. The molecule has 0 amide bonds. The third-order valence-corrected chi connectivity index (χ3v) is 3.55. The van der Waals surface area contributed by atoms with E-state index in [4.69, 9.17) is 15.2 Å². The second-order valence-corrected chi connectivity index (χ2v) is 5.76. The Kier molecular flexibility index (Phi) is 5.12. The minimum atomic E-state index is 0.125. The summed E-state index contributed by atoms with van der Waals surface area (Å²) in [6.45, 7) is 5.81. The zero-order valence-corrected chi connectivity index (χ0v) is 12.8. The van der Waals surface area contributed by atoms with Crippen LogP contribution in [0.2, 0.25) is 0 Å². The Morgan fingerprint density at radius 3 is 2.85 bits per heavy atom. The molecule has 1 aromatic rings. The average molecular weight is 278 g/mol. The van der Waals surface area contributed by atoms with Crippen molar-refractivity contribution < 1.29 is 9.47 Å². The number of ether oxygens (including phenoxy) is 2. The summed E-state index contributed by atoms with van der Waals surface area (Å²) >= 11 is 0. The van der Waals surface area contributed by atoms with Gasteiger partial charge in [0.15, 0.2) is 0 Å². The molecule has 4 heteroatoms. The average Bonchev–Trinajstić information content (AvgIpc) is 2.42. The van der Waals surface area contributed by atoms with E-state index in [1.54, 1.807) is 0 Å². The van der Waals surface area contributed by atoms with Gasteiger partial charge in [-0.3, -0.25) is 0 Å². The highest BCUT2D eigenvalue weighted by atomic mass is 16.5. The molecule has 1 aromatic carbocycles. The molecule has 1 atom stereocenters. The van der Waals surface area contributed by atoms with E-state index in [1.807, 2.05) is 32.0 Å². The van der Waals surface area contributed by atoms with E-state index in [1.165, 1.54) is 12.8 Å². The summed E-state index contributed by atoms with van der Waals surface area (Å²) in [4.78, 5) is 2.21. The number of hydrogen-bond donors (Lipinski definition) is 1. The highest BCUT2D eigenvalue weighted by Crippen LogP contribution is 2.28. The van der Waals surface area contributed by atoms with Crippen molar-refractivity contribution in [3.63, 3.8) is 0 Å². The summed E-state index contributed by atoms with van der Waals surface area (Å²) in [5.74, 6) is 0.758. The lowest BCUT2D eigenvalue weighted by atomic mass is 10.1. The van der Waals surface area contributed by atoms with Gasteiger partial charge in [-0.2, -0.15) is 0 Å². The van der Waals surface area contributed by atoms with Crippen molar-refractivity contribution >= 4 is 11.4 Å². The second-order valence-electron chi connectivity index (χ2n) is 5.76. The minimum absolute atomic E-state index is 0.125. The predicted octanol–water partition coefficient (Wildman–Crippen LogP) is 3.06. The van der Waals surface area contributed by atoms with Gasteiger partial charge < -0.3 is 20.1 Å². The number of benzene rings is 1. The lowest BCUT2D eigenvalue weighted by molar-refractivity contribution is 0.0216. The van der Waals surface area contributed by atoms with Gasteiger partial charge in [0, 0.05) is 32.0 Å². The number of nitrogens with zero attached hydrogens (tertiary/aromatic N) is 1. The van der Waals surface area contributed by atoms with Gasteiger partial charge in [0.25, 0.3) is 0 Å². The third kappa shape index (κ3) is 4.04. The molecule has 1 aliphatic heterocycles. The molecular formula is C16H26N2O2. The Hall–Kier alpha value is -1.42. The highest BCUT2D eigenvalue weighted by molar-refractivity contribution is 5.62. The molecule has 0 bridgehead atoms. The first kappa shape index (κ1) is 15.0. The SMILES string of the molecule is CC(C)Oc1cc(N(C)CC2CCCCO2)ccc1N. The van der Waals surface area contributed by atoms with Crippen LogP contribution >= 0.6 is 0 Å². The van der Waals surface area contributed by atoms with Crippen LogP contribution in [0, 0.1) is 0 Å². The Morgan fingerprint density at radius 2 is 2.20 bits per heavy atom. The summed E-state index contributed by atoms with van der Waals surface area (Å²) in [7, 11) is 2.09. The first-order chi connectivity index (χ1) is 9.56. The monoisotopic (exact) mass is 278 g/mol. The van der Waals surface area contributed by atoms with Gasteiger partial charge >= 0.3 is 0 Å². The maximum absolute atomic E-state index is 5.95. The van der Waals surface area contributed by atoms with E-state index >= 15 is 0 Å². The fourth-order valence-corrected chi connectivity index (χ4v) is 2.48. The molecule has 1 heterocycles. The first-order valence-electron chi connectivity index (χ1n) is 7.45. The van der Waals surface area contributed by atoms with Gasteiger partial charge in [0.05, 0.1) is 17.9 Å². The largest absolute Gasteiger partial charge is 0.489 e. The van der Waals surface area contributed by atoms with Crippen molar-refractivity contribution in [2.45, 2.75) is 45.3 Å². The van der Waals surface area contributed by atoms with Gasteiger partial charge in [0.2, 0.25) is 0 Å². The van der Waals surface area contributed by atoms with Gasteiger partial charge in [-0.15, -0.1) is 0 Å². The predicted molar refractivity (Wildman–Crippen MR) is 83.5 cm³/mol. The zero-order chi connectivity index (χ0) is 14.5. The molecule has 1 fully saturated rings.